The Balaban J connectivity index is 0.000000491. The monoisotopic (exact) mass is 464 g/mol. The van der Waals surface area contributed by atoms with Crippen molar-refractivity contribution in [2.24, 2.45) is 5.73 Å². The van der Waals surface area contributed by atoms with Crippen molar-refractivity contribution in [1.29, 1.82) is 0 Å². The van der Waals surface area contributed by atoms with Crippen molar-refractivity contribution in [1.82, 2.24) is 4.98 Å². The van der Waals surface area contributed by atoms with Crippen LogP contribution in [-0.4, -0.2) is 34.5 Å². The lowest BCUT2D eigenvalue weighted by Crippen LogP contribution is -2.14. The van der Waals surface area contributed by atoms with E-state index in [0.29, 0.717) is 12.0 Å². The summed E-state index contributed by atoms with van der Waals surface area (Å²) in [7, 11) is -0.870. The second-order valence-electron chi connectivity index (χ2n) is 7.99. The molecule has 0 amide bonds. The lowest BCUT2D eigenvalue weighted by molar-refractivity contribution is 0.304. The van der Waals surface area contributed by atoms with E-state index in [1.54, 1.807) is 11.3 Å². The topological polar surface area (TPSA) is 97.8 Å². The predicted octanol–water partition coefficient (Wildman–Crippen LogP) is 5.85. The minimum absolute atomic E-state index is 0.372. The molecule has 2 aromatic carbocycles. The van der Waals surface area contributed by atoms with Gasteiger partial charge in [-0.15, -0.1) is 0 Å². The average Bonchev–Trinajstić information content (AvgIpc) is 3.39. The Kier molecular flexibility index (Phi) is 9.45. The first-order chi connectivity index (χ1) is 15.0. The van der Waals surface area contributed by atoms with Crippen LogP contribution >= 0.6 is 19.9 Å². The zero-order chi connectivity index (χ0) is 22.2. The smallest absolute Gasteiger partial charge is 0.326 e. The molecule has 1 saturated carbocycles. The quantitative estimate of drug-likeness (QED) is 0.286. The van der Waals surface area contributed by atoms with E-state index in [4.69, 9.17) is 20.3 Å². The number of aromatic nitrogens is 1. The highest BCUT2D eigenvalue weighted by Gasteiger charge is 2.23. The van der Waals surface area contributed by atoms with E-state index < -0.39 is 8.60 Å². The molecule has 31 heavy (non-hydrogen) atoms. The summed E-state index contributed by atoms with van der Waals surface area (Å²) in [6, 6.07) is 11.6. The number of hydrogen-bond donors (Lipinski definition) is 3. The predicted molar refractivity (Wildman–Crippen MR) is 130 cm³/mol. The third kappa shape index (κ3) is 6.82. The maximum Gasteiger partial charge on any atom is 0.326 e. The molecule has 1 aliphatic carbocycles. The Morgan fingerprint density at radius 3 is 2.65 bits per heavy atom. The molecule has 1 fully saturated rings. The largest absolute Gasteiger partial charge is 0.470 e. The van der Waals surface area contributed by atoms with Crippen LogP contribution in [0.4, 0.5) is 0 Å². The summed E-state index contributed by atoms with van der Waals surface area (Å²) in [6.07, 6.45) is 8.35. The van der Waals surface area contributed by atoms with E-state index in [2.05, 4.69) is 46.8 Å². The Hall–Kier alpha value is -1.34. The maximum absolute atomic E-state index is 7.76. The fourth-order valence-electron chi connectivity index (χ4n) is 4.04. The lowest BCUT2D eigenvalue weighted by Gasteiger charge is -2.11. The van der Waals surface area contributed by atoms with Crippen molar-refractivity contribution in [3.63, 3.8) is 0 Å². The molecule has 170 valence electrons. The standard InChI is InChI=1S/C22H28N2OS.CH5O3P/c1-2-3-4-5-12-25-22-24-20-11-8-17-13-15(16-6-9-18(23)14-16)7-10-19(17)21(20)26-22;1-4-5(2)3/h7-8,10-11,13,16,18H,2-6,9,12,14,23H2,1H3;2-3H,1H3. The van der Waals surface area contributed by atoms with Gasteiger partial charge in [0, 0.05) is 18.5 Å². The van der Waals surface area contributed by atoms with Crippen LogP contribution in [0.3, 0.4) is 0 Å². The molecule has 0 saturated heterocycles. The zero-order valence-corrected chi connectivity index (χ0v) is 20.0. The van der Waals surface area contributed by atoms with Gasteiger partial charge in [0.25, 0.3) is 5.19 Å². The Labute approximate surface area is 189 Å². The zero-order valence-electron chi connectivity index (χ0n) is 18.3. The Bertz CT molecular complexity index is 965. The van der Waals surface area contributed by atoms with Crippen LogP contribution in [0.15, 0.2) is 30.3 Å². The summed E-state index contributed by atoms with van der Waals surface area (Å²) in [4.78, 5) is 20.2. The summed E-state index contributed by atoms with van der Waals surface area (Å²) in [5, 5.41) is 3.38. The van der Waals surface area contributed by atoms with E-state index in [1.165, 1.54) is 53.8 Å². The fraction of sp³-hybridized carbons (Fsp3) is 0.522. The van der Waals surface area contributed by atoms with Gasteiger partial charge in [-0.3, -0.25) is 0 Å². The minimum atomic E-state index is -2.10. The van der Waals surface area contributed by atoms with Crippen molar-refractivity contribution in [3.8, 4) is 5.19 Å². The number of rotatable bonds is 8. The van der Waals surface area contributed by atoms with E-state index in [1.807, 2.05) is 0 Å². The molecular formula is C23H33N2O4PS. The lowest BCUT2D eigenvalue weighted by atomic mass is 9.95. The third-order valence-corrected chi connectivity index (χ3v) is 7.05. The highest BCUT2D eigenvalue weighted by atomic mass is 32.1. The molecule has 6 nitrogen and oxygen atoms in total. The number of nitrogens with two attached hydrogens (primary N) is 1. The first-order valence-electron chi connectivity index (χ1n) is 10.9. The van der Waals surface area contributed by atoms with Crippen molar-refractivity contribution < 1.29 is 19.0 Å². The Morgan fingerprint density at radius 2 is 1.97 bits per heavy atom. The normalized spacial score (nSPS) is 18.5. The summed E-state index contributed by atoms with van der Waals surface area (Å²) < 4.78 is 11.1. The molecular weight excluding hydrogens is 431 g/mol. The van der Waals surface area contributed by atoms with Crippen LogP contribution < -0.4 is 10.5 Å². The summed E-state index contributed by atoms with van der Waals surface area (Å²) in [5.74, 6) is 0.619. The van der Waals surface area contributed by atoms with E-state index >= 15 is 0 Å². The highest BCUT2D eigenvalue weighted by molar-refractivity contribution is 7.39. The second-order valence-corrected chi connectivity index (χ2v) is 9.82. The molecule has 2 atom stereocenters. The Morgan fingerprint density at radius 1 is 1.16 bits per heavy atom. The summed E-state index contributed by atoms with van der Waals surface area (Å²) in [6.45, 7) is 3.00. The number of ether oxygens (including phenoxy) is 1. The van der Waals surface area contributed by atoms with Crippen LogP contribution in [0.2, 0.25) is 0 Å². The summed E-state index contributed by atoms with van der Waals surface area (Å²) >= 11 is 1.68. The number of unbranched alkanes of at least 4 members (excludes halogenated alkanes) is 3. The van der Waals surface area contributed by atoms with Gasteiger partial charge in [0.2, 0.25) is 0 Å². The molecule has 1 aliphatic rings. The second kappa shape index (κ2) is 12.0. The molecule has 1 heterocycles. The third-order valence-electron chi connectivity index (χ3n) is 5.71. The first kappa shape index (κ1) is 24.3. The molecule has 0 bridgehead atoms. The molecule has 0 spiro atoms. The van der Waals surface area contributed by atoms with Gasteiger partial charge in [-0.1, -0.05) is 61.8 Å². The summed E-state index contributed by atoms with van der Waals surface area (Å²) in [5.41, 5.74) is 8.57. The van der Waals surface area contributed by atoms with E-state index in [-0.39, 0.29) is 0 Å². The number of thiazole rings is 1. The molecule has 4 N–H and O–H groups in total. The van der Waals surface area contributed by atoms with Gasteiger partial charge in [-0.05, 0) is 48.6 Å². The number of fused-ring (bicyclic) bond motifs is 3. The van der Waals surface area contributed by atoms with Crippen LogP contribution in [0.5, 0.6) is 5.19 Å². The van der Waals surface area contributed by atoms with Crippen LogP contribution in [0.1, 0.15) is 63.4 Å². The molecule has 8 heteroatoms. The first-order valence-corrected chi connectivity index (χ1v) is 12.9. The molecule has 0 aliphatic heterocycles. The molecule has 2 unspecified atom stereocenters. The van der Waals surface area contributed by atoms with Crippen molar-refractivity contribution >= 4 is 40.9 Å². The van der Waals surface area contributed by atoms with Gasteiger partial charge in [0.05, 0.1) is 16.8 Å². The molecule has 3 aromatic rings. The number of benzene rings is 2. The highest BCUT2D eigenvalue weighted by Crippen LogP contribution is 2.38. The van der Waals surface area contributed by atoms with Crippen molar-refractivity contribution in [2.75, 3.05) is 13.7 Å². The number of hydrogen-bond acceptors (Lipinski definition) is 7. The van der Waals surface area contributed by atoms with E-state index in [0.717, 1.165) is 36.6 Å². The van der Waals surface area contributed by atoms with Gasteiger partial charge < -0.3 is 24.8 Å². The van der Waals surface area contributed by atoms with Gasteiger partial charge in [-0.2, -0.15) is 0 Å². The fourth-order valence-corrected chi connectivity index (χ4v) is 5.01. The number of nitrogens with zero attached hydrogens (tertiary/aromatic N) is 1. The van der Waals surface area contributed by atoms with Crippen LogP contribution in [0.25, 0.3) is 21.0 Å². The van der Waals surface area contributed by atoms with Crippen molar-refractivity contribution in [2.45, 2.75) is 63.8 Å². The van der Waals surface area contributed by atoms with Gasteiger partial charge in [0.15, 0.2) is 0 Å². The van der Waals surface area contributed by atoms with Gasteiger partial charge in [0.1, 0.15) is 0 Å². The van der Waals surface area contributed by atoms with Gasteiger partial charge >= 0.3 is 8.60 Å². The molecule has 1 aromatic heterocycles. The van der Waals surface area contributed by atoms with Gasteiger partial charge in [-0.25, -0.2) is 4.98 Å². The van der Waals surface area contributed by atoms with Crippen molar-refractivity contribution in [3.05, 3.63) is 35.9 Å². The van der Waals surface area contributed by atoms with Crippen LogP contribution in [-0.2, 0) is 4.52 Å². The molecule has 4 rings (SSSR count). The minimum Gasteiger partial charge on any atom is -0.470 e. The molecule has 0 radical (unpaired) electrons. The maximum atomic E-state index is 7.76. The SMILES string of the molecule is CCCCCCOc1nc2ccc3cc(C4CCC(N)C4)ccc3c2s1.COP(O)O. The van der Waals surface area contributed by atoms with E-state index in [9.17, 15) is 0 Å². The average molecular weight is 465 g/mol. The van der Waals surface area contributed by atoms with Crippen LogP contribution in [0, 0.1) is 0 Å².